The van der Waals surface area contributed by atoms with Gasteiger partial charge in [-0.2, -0.15) is 5.10 Å². The molecule has 1 heterocycles. The lowest BCUT2D eigenvalue weighted by atomic mass is 9.92. The summed E-state index contributed by atoms with van der Waals surface area (Å²) in [5.41, 5.74) is 10.3. The van der Waals surface area contributed by atoms with Gasteiger partial charge in [0, 0.05) is 29.3 Å². The minimum Gasteiger partial charge on any atom is -0.330 e. The van der Waals surface area contributed by atoms with Gasteiger partial charge in [0.25, 0.3) is 0 Å². The maximum absolute atomic E-state index is 12.9. The molecule has 0 saturated carbocycles. The second-order valence-electron chi connectivity index (χ2n) is 9.39. The number of urea groups is 1. The Balaban J connectivity index is 1.89. The average Bonchev–Trinajstić information content (AvgIpc) is 3.20. The molecule has 3 aromatic rings. The highest BCUT2D eigenvalue weighted by Gasteiger charge is 2.22. The fourth-order valence-corrected chi connectivity index (χ4v) is 3.39. The number of carbonyl (C=O) groups is 2. The quantitative estimate of drug-likeness (QED) is 0.391. The molecular formula is C26H34N6O2. The highest BCUT2D eigenvalue weighted by Crippen LogP contribution is 2.27. The molecule has 34 heavy (non-hydrogen) atoms. The standard InChI is InChI=1S/C26H34N6O2/c1-17-9-6-12-21(18(17)2)29-25(34)30-23-16-22(26(3,4)5)31-32(23)20-11-7-10-19(15-20)28-24(33)13-8-14-27/h6-7,9-12,15-16H,8,13-14,27H2,1-5H3,(H,28,33)(H2,29,30,34). The Kier molecular flexibility index (Phi) is 7.73. The minimum absolute atomic E-state index is 0.0929. The monoisotopic (exact) mass is 462 g/mol. The molecule has 8 nitrogen and oxygen atoms in total. The molecule has 3 rings (SSSR count). The van der Waals surface area contributed by atoms with E-state index in [0.717, 1.165) is 22.5 Å². The summed E-state index contributed by atoms with van der Waals surface area (Å²) >= 11 is 0. The van der Waals surface area contributed by atoms with E-state index in [4.69, 9.17) is 10.8 Å². The van der Waals surface area contributed by atoms with Crippen molar-refractivity contribution < 1.29 is 9.59 Å². The molecule has 0 radical (unpaired) electrons. The van der Waals surface area contributed by atoms with Crippen LogP contribution in [0, 0.1) is 13.8 Å². The SMILES string of the molecule is Cc1cccc(NC(=O)Nc2cc(C(C)(C)C)nn2-c2cccc(NC(=O)CCCN)c2)c1C. The molecule has 0 fully saturated rings. The molecule has 0 atom stereocenters. The van der Waals surface area contributed by atoms with Crippen LogP contribution in [-0.2, 0) is 10.2 Å². The molecule has 0 aliphatic rings. The van der Waals surface area contributed by atoms with E-state index in [1.54, 1.807) is 4.68 Å². The Bertz CT molecular complexity index is 1180. The van der Waals surface area contributed by atoms with Gasteiger partial charge in [0.05, 0.1) is 11.4 Å². The molecule has 0 spiro atoms. The van der Waals surface area contributed by atoms with Crippen molar-refractivity contribution in [1.82, 2.24) is 9.78 Å². The molecule has 1 aromatic heterocycles. The van der Waals surface area contributed by atoms with E-state index in [2.05, 4.69) is 36.7 Å². The van der Waals surface area contributed by atoms with Crippen LogP contribution in [0.3, 0.4) is 0 Å². The highest BCUT2D eigenvalue weighted by molar-refractivity contribution is 6.00. The number of hydrogen-bond donors (Lipinski definition) is 4. The molecule has 0 unspecified atom stereocenters. The number of nitrogens with zero attached hydrogens (tertiary/aromatic N) is 2. The number of benzene rings is 2. The normalized spacial score (nSPS) is 11.2. The molecule has 2 aromatic carbocycles. The smallest absolute Gasteiger partial charge is 0.324 e. The molecule has 0 saturated heterocycles. The van der Waals surface area contributed by atoms with Gasteiger partial charge in [-0.05, 0) is 62.2 Å². The van der Waals surface area contributed by atoms with Crippen molar-refractivity contribution in [2.45, 2.75) is 52.9 Å². The third-order valence-corrected chi connectivity index (χ3v) is 5.55. The van der Waals surface area contributed by atoms with Crippen LogP contribution in [0.25, 0.3) is 5.69 Å². The number of rotatable bonds is 7. The summed E-state index contributed by atoms with van der Waals surface area (Å²) in [4.78, 5) is 25.0. The number of amides is 3. The predicted molar refractivity (Wildman–Crippen MR) is 138 cm³/mol. The summed E-state index contributed by atoms with van der Waals surface area (Å²) in [6, 6.07) is 14.7. The number of nitrogens with two attached hydrogens (primary N) is 1. The second-order valence-corrected chi connectivity index (χ2v) is 9.39. The second kappa shape index (κ2) is 10.5. The van der Waals surface area contributed by atoms with Gasteiger partial charge in [0.15, 0.2) is 0 Å². The predicted octanol–water partition coefficient (Wildman–Crippen LogP) is 5.11. The zero-order chi connectivity index (χ0) is 24.9. The Morgan fingerprint density at radius 3 is 2.44 bits per heavy atom. The van der Waals surface area contributed by atoms with E-state index in [9.17, 15) is 9.59 Å². The average molecular weight is 463 g/mol. The van der Waals surface area contributed by atoms with Crippen LogP contribution in [0.5, 0.6) is 0 Å². The minimum atomic E-state index is -0.360. The van der Waals surface area contributed by atoms with Gasteiger partial charge in [0.1, 0.15) is 5.82 Å². The van der Waals surface area contributed by atoms with Crippen LogP contribution in [0.2, 0.25) is 0 Å². The summed E-state index contributed by atoms with van der Waals surface area (Å²) in [6.07, 6.45) is 0.991. The number of nitrogens with one attached hydrogen (secondary N) is 3. The van der Waals surface area contributed by atoms with Crippen molar-refractivity contribution in [3.05, 3.63) is 65.4 Å². The first-order valence-corrected chi connectivity index (χ1v) is 11.4. The number of aromatic nitrogens is 2. The maximum Gasteiger partial charge on any atom is 0.324 e. The van der Waals surface area contributed by atoms with Crippen molar-refractivity contribution in [1.29, 1.82) is 0 Å². The van der Waals surface area contributed by atoms with Crippen molar-refractivity contribution in [2.24, 2.45) is 5.73 Å². The van der Waals surface area contributed by atoms with E-state index < -0.39 is 0 Å². The van der Waals surface area contributed by atoms with Crippen molar-refractivity contribution >= 4 is 29.1 Å². The van der Waals surface area contributed by atoms with Crippen molar-refractivity contribution in [3.8, 4) is 5.69 Å². The van der Waals surface area contributed by atoms with Gasteiger partial charge in [-0.3, -0.25) is 10.1 Å². The number of carbonyl (C=O) groups excluding carboxylic acids is 2. The van der Waals surface area contributed by atoms with Crippen LogP contribution < -0.4 is 21.7 Å². The summed E-state index contributed by atoms with van der Waals surface area (Å²) in [5.74, 6) is 0.434. The Labute approximate surface area is 200 Å². The van der Waals surface area contributed by atoms with E-state index in [1.165, 1.54) is 0 Å². The van der Waals surface area contributed by atoms with Gasteiger partial charge in [-0.1, -0.05) is 39.0 Å². The summed E-state index contributed by atoms with van der Waals surface area (Å²) in [5, 5.41) is 13.5. The number of aryl methyl sites for hydroxylation is 1. The zero-order valence-corrected chi connectivity index (χ0v) is 20.5. The molecule has 180 valence electrons. The lowest BCUT2D eigenvalue weighted by Crippen LogP contribution is -2.22. The Morgan fingerprint density at radius 1 is 1.00 bits per heavy atom. The molecule has 8 heteroatoms. The van der Waals surface area contributed by atoms with Crippen molar-refractivity contribution in [3.63, 3.8) is 0 Å². The van der Waals surface area contributed by atoms with Crippen LogP contribution in [0.15, 0.2) is 48.5 Å². The zero-order valence-electron chi connectivity index (χ0n) is 20.5. The molecular weight excluding hydrogens is 428 g/mol. The molecule has 0 bridgehead atoms. The first kappa shape index (κ1) is 25.0. The first-order chi connectivity index (χ1) is 16.1. The fraction of sp³-hybridized carbons (Fsp3) is 0.346. The molecule has 3 amide bonds. The number of anilines is 3. The maximum atomic E-state index is 12.9. The van der Waals surface area contributed by atoms with Gasteiger partial charge in [-0.25, -0.2) is 9.48 Å². The lowest BCUT2D eigenvalue weighted by molar-refractivity contribution is -0.116. The van der Waals surface area contributed by atoms with E-state index in [1.807, 2.05) is 62.4 Å². The molecule has 5 N–H and O–H groups in total. The van der Waals surface area contributed by atoms with E-state index in [-0.39, 0.29) is 17.4 Å². The third kappa shape index (κ3) is 6.23. The first-order valence-electron chi connectivity index (χ1n) is 11.4. The topological polar surface area (TPSA) is 114 Å². The third-order valence-electron chi connectivity index (χ3n) is 5.55. The van der Waals surface area contributed by atoms with Crippen LogP contribution >= 0.6 is 0 Å². The summed E-state index contributed by atoms with van der Waals surface area (Å²) < 4.78 is 1.68. The Morgan fingerprint density at radius 2 is 1.74 bits per heavy atom. The summed E-state index contributed by atoms with van der Waals surface area (Å²) in [7, 11) is 0. The van der Waals surface area contributed by atoms with Gasteiger partial charge >= 0.3 is 6.03 Å². The van der Waals surface area contributed by atoms with Crippen LogP contribution in [0.4, 0.5) is 22.0 Å². The lowest BCUT2D eigenvalue weighted by Gasteiger charge is -2.14. The van der Waals surface area contributed by atoms with Gasteiger partial charge < -0.3 is 16.4 Å². The van der Waals surface area contributed by atoms with Gasteiger partial charge in [-0.15, -0.1) is 0 Å². The number of hydrogen-bond acceptors (Lipinski definition) is 4. The largest absolute Gasteiger partial charge is 0.330 e. The van der Waals surface area contributed by atoms with Crippen LogP contribution in [0.1, 0.15) is 50.4 Å². The molecule has 0 aliphatic heterocycles. The summed E-state index contributed by atoms with van der Waals surface area (Å²) in [6.45, 7) is 10.6. The van der Waals surface area contributed by atoms with E-state index in [0.29, 0.717) is 36.6 Å². The highest BCUT2D eigenvalue weighted by atomic mass is 16.2. The van der Waals surface area contributed by atoms with Crippen LogP contribution in [-0.4, -0.2) is 28.3 Å². The van der Waals surface area contributed by atoms with E-state index >= 15 is 0 Å². The fourth-order valence-electron chi connectivity index (χ4n) is 3.39. The molecule has 0 aliphatic carbocycles. The Hall–Kier alpha value is -3.65. The van der Waals surface area contributed by atoms with Crippen molar-refractivity contribution in [2.75, 3.05) is 22.5 Å². The van der Waals surface area contributed by atoms with Gasteiger partial charge in [0.2, 0.25) is 5.91 Å².